The average Bonchev–Trinajstić information content (AvgIpc) is 2.26. The number of aliphatic carboxylic acids is 1. The van der Waals surface area contributed by atoms with E-state index in [2.05, 4.69) is 32.6 Å². The highest BCUT2D eigenvalue weighted by Crippen LogP contribution is 2.33. The lowest BCUT2D eigenvalue weighted by Gasteiger charge is -2.42. The first kappa shape index (κ1) is 15.5. The fourth-order valence-corrected chi connectivity index (χ4v) is 3.33. The number of hydrogen-bond donors (Lipinski definition) is 1. The Hall–Kier alpha value is -0.570. The van der Waals surface area contributed by atoms with Gasteiger partial charge in [-0.05, 0) is 30.6 Å². The molecule has 1 fully saturated rings. The summed E-state index contributed by atoms with van der Waals surface area (Å²) in [5.41, 5.74) is 0. The fraction of sp³-hybridized carbons (Fsp3) is 0.933. The van der Waals surface area contributed by atoms with Crippen molar-refractivity contribution in [1.29, 1.82) is 0 Å². The summed E-state index contributed by atoms with van der Waals surface area (Å²) in [7, 11) is 0. The van der Waals surface area contributed by atoms with Crippen LogP contribution in [0.4, 0.5) is 0 Å². The molecule has 0 heterocycles. The van der Waals surface area contributed by atoms with E-state index in [1.807, 2.05) is 0 Å². The molecule has 0 aliphatic heterocycles. The molecular formula is C15H29NO2. The summed E-state index contributed by atoms with van der Waals surface area (Å²) in [4.78, 5) is 13.3. The van der Waals surface area contributed by atoms with Gasteiger partial charge in [0.15, 0.2) is 0 Å². The van der Waals surface area contributed by atoms with Crippen LogP contribution in [0, 0.1) is 17.8 Å². The van der Waals surface area contributed by atoms with Gasteiger partial charge in [0.25, 0.3) is 0 Å². The van der Waals surface area contributed by atoms with Gasteiger partial charge in [0, 0.05) is 12.6 Å². The molecule has 1 rings (SSSR count). The first-order valence-corrected chi connectivity index (χ1v) is 7.37. The van der Waals surface area contributed by atoms with Crippen LogP contribution in [-0.4, -0.2) is 35.1 Å². The molecule has 0 aromatic heterocycles. The van der Waals surface area contributed by atoms with Gasteiger partial charge in [-0.25, -0.2) is 0 Å². The van der Waals surface area contributed by atoms with Gasteiger partial charge in [-0.2, -0.15) is 0 Å². The predicted octanol–water partition coefficient (Wildman–Crippen LogP) is 3.24. The molecular weight excluding hydrogens is 226 g/mol. The highest BCUT2D eigenvalue weighted by Gasteiger charge is 2.32. The topological polar surface area (TPSA) is 40.5 Å². The Labute approximate surface area is 112 Å². The first-order chi connectivity index (χ1) is 8.41. The second-order valence-corrected chi connectivity index (χ2v) is 6.48. The van der Waals surface area contributed by atoms with E-state index < -0.39 is 5.97 Å². The zero-order valence-corrected chi connectivity index (χ0v) is 12.4. The molecule has 0 amide bonds. The summed E-state index contributed by atoms with van der Waals surface area (Å²) in [5.74, 6) is 1.15. The molecule has 18 heavy (non-hydrogen) atoms. The SMILES string of the molecule is CC(C)CN(CC(=O)O)C1CCCCC1C(C)C. The van der Waals surface area contributed by atoms with Crippen LogP contribution in [-0.2, 0) is 4.79 Å². The Morgan fingerprint density at radius 1 is 1.22 bits per heavy atom. The van der Waals surface area contributed by atoms with E-state index in [-0.39, 0.29) is 6.54 Å². The van der Waals surface area contributed by atoms with Crippen LogP contribution < -0.4 is 0 Å². The van der Waals surface area contributed by atoms with E-state index >= 15 is 0 Å². The average molecular weight is 255 g/mol. The molecule has 0 bridgehead atoms. The van der Waals surface area contributed by atoms with Crippen molar-refractivity contribution >= 4 is 5.97 Å². The number of carboxylic acid groups (broad SMARTS) is 1. The normalized spacial score (nSPS) is 25.1. The molecule has 2 unspecified atom stereocenters. The highest BCUT2D eigenvalue weighted by atomic mass is 16.4. The van der Waals surface area contributed by atoms with Crippen molar-refractivity contribution in [2.24, 2.45) is 17.8 Å². The lowest BCUT2D eigenvalue weighted by atomic mass is 9.77. The minimum Gasteiger partial charge on any atom is -0.480 e. The van der Waals surface area contributed by atoms with Crippen molar-refractivity contribution in [1.82, 2.24) is 4.90 Å². The maximum Gasteiger partial charge on any atom is 0.317 e. The molecule has 106 valence electrons. The third-order valence-electron chi connectivity index (χ3n) is 4.04. The summed E-state index contributed by atoms with van der Waals surface area (Å²) in [6, 6.07) is 0.470. The van der Waals surface area contributed by atoms with E-state index in [4.69, 9.17) is 5.11 Å². The van der Waals surface area contributed by atoms with Gasteiger partial charge < -0.3 is 5.11 Å². The van der Waals surface area contributed by atoms with Gasteiger partial charge in [-0.3, -0.25) is 9.69 Å². The number of rotatable bonds is 6. The maximum absolute atomic E-state index is 11.1. The third kappa shape index (κ3) is 4.60. The molecule has 1 N–H and O–H groups in total. The Kier molecular flexibility index (Phi) is 6.13. The zero-order valence-electron chi connectivity index (χ0n) is 12.4. The summed E-state index contributed by atoms with van der Waals surface area (Å²) < 4.78 is 0. The van der Waals surface area contributed by atoms with E-state index in [0.717, 1.165) is 6.54 Å². The lowest BCUT2D eigenvalue weighted by Crippen LogP contribution is -2.47. The third-order valence-corrected chi connectivity index (χ3v) is 4.04. The van der Waals surface area contributed by atoms with Crippen molar-refractivity contribution in [3.05, 3.63) is 0 Å². The monoisotopic (exact) mass is 255 g/mol. The van der Waals surface area contributed by atoms with Crippen LogP contribution in [0.25, 0.3) is 0 Å². The second-order valence-electron chi connectivity index (χ2n) is 6.48. The van der Waals surface area contributed by atoms with E-state index in [1.165, 1.54) is 25.7 Å². The van der Waals surface area contributed by atoms with Crippen molar-refractivity contribution in [2.45, 2.75) is 59.4 Å². The molecule has 0 aromatic carbocycles. The van der Waals surface area contributed by atoms with Crippen molar-refractivity contribution < 1.29 is 9.90 Å². The summed E-state index contributed by atoms with van der Waals surface area (Å²) in [6.07, 6.45) is 4.99. The van der Waals surface area contributed by atoms with Crippen LogP contribution in [0.1, 0.15) is 53.4 Å². The minimum absolute atomic E-state index is 0.200. The summed E-state index contributed by atoms with van der Waals surface area (Å²) in [5, 5.41) is 9.11. The van der Waals surface area contributed by atoms with Crippen LogP contribution in [0.2, 0.25) is 0 Å². The largest absolute Gasteiger partial charge is 0.480 e. The molecule has 1 aliphatic rings. The molecule has 2 atom stereocenters. The number of carboxylic acids is 1. The Morgan fingerprint density at radius 2 is 1.83 bits per heavy atom. The van der Waals surface area contributed by atoms with Gasteiger partial charge in [-0.1, -0.05) is 40.5 Å². The van der Waals surface area contributed by atoms with Gasteiger partial charge in [0.1, 0.15) is 0 Å². The van der Waals surface area contributed by atoms with E-state index in [1.54, 1.807) is 0 Å². The number of nitrogens with zero attached hydrogens (tertiary/aromatic N) is 1. The Balaban J connectivity index is 2.76. The van der Waals surface area contributed by atoms with Gasteiger partial charge in [0.05, 0.1) is 6.54 Å². The Bertz CT molecular complexity index is 263. The van der Waals surface area contributed by atoms with Gasteiger partial charge >= 0.3 is 5.97 Å². The molecule has 3 heteroatoms. The van der Waals surface area contributed by atoms with Crippen LogP contribution in [0.15, 0.2) is 0 Å². The molecule has 0 spiro atoms. The number of carbonyl (C=O) groups is 1. The lowest BCUT2D eigenvalue weighted by molar-refractivity contribution is -0.139. The van der Waals surface area contributed by atoms with Crippen LogP contribution >= 0.6 is 0 Å². The smallest absolute Gasteiger partial charge is 0.317 e. The number of hydrogen-bond acceptors (Lipinski definition) is 2. The highest BCUT2D eigenvalue weighted by molar-refractivity contribution is 5.69. The molecule has 0 saturated heterocycles. The summed E-state index contributed by atoms with van der Waals surface area (Å²) >= 11 is 0. The van der Waals surface area contributed by atoms with Crippen molar-refractivity contribution in [3.8, 4) is 0 Å². The standard InChI is InChI=1S/C15H29NO2/c1-11(2)9-16(10-15(17)18)14-8-6-5-7-13(14)12(3)4/h11-14H,5-10H2,1-4H3,(H,17,18). The molecule has 1 saturated carbocycles. The van der Waals surface area contributed by atoms with Gasteiger partial charge in [0.2, 0.25) is 0 Å². The zero-order chi connectivity index (χ0) is 13.7. The van der Waals surface area contributed by atoms with Crippen LogP contribution in [0.3, 0.4) is 0 Å². The predicted molar refractivity (Wildman–Crippen MR) is 74.6 cm³/mol. The quantitative estimate of drug-likeness (QED) is 0.792. The molecule has 0 aromatic rings. The molecule has 3 nitrogen and oxygen atoms in total. The maximum atomic E-state index is 11.1. The summed E-state index contributed by atoms with van der Waals surface area (Å²) in [6.45, 7) is 9.99. The van der Waals surface area contributed by atoms with E-state index in [9.17, 15) is 4.79 Å². The van der Waals surface area contributed by atoms with Crippen molar-refractivity contribution in [3.63, 3.8) is 0 Å². The molecule has 0 radical (unpaired) electrons. The van der Waals surface area contributed by atoms with Crippen molar-refractivity contribution in [2.75, 3.05) is 13.1 Å². The second kappa shape index (κ2) is 7.13. The van der Waals surface area contributed by atoms with Gasteiger partial charge in [-0.15, -0.1) is 0 Å². The Morgan fingerprint density at radius 3 is 2.33 bits per heavy atom. The fourth-order valence-electron chi connectivity index (χ4n) is 3.33. The molecule has 1 aliphatic carbocycles. The minimum atomic E-state index is -0.691. The van der Waals surface area contributed by atoms with E-state index in [0.29, 0.717) is 23.8 Å². The van der Waals surface area contributed by atoms with Crippen LogP contribution in [0.5, 0.6) is 0 Å². The first-order valence-electron chi connectivity index (χ1n) is 7.37.